The monoisotopic (exact) mass is 350 g/mol. The molecule has 0 amide bonds. The standard InChI is InChI=1S/C8H8Br2N4O2/c9-5-1-4(7(15)6(10)2-5)3-12-13-8(11)14-16/h1-3,15-16H,(H3,11,13,14). The van der Waals surface area contributed by atoms with Crippen LogP contribution in [0.2, 0.25) is 0 Å². The van der Waals surface area contributed by atoms with E-state index in [1.807, 2.05) is 0 Å². The second-order valence-electron chi connectivity index (χ2n) is 2.67. The number of aromatic hydroxyl groups is 1. The number of halogens is 2. The lowest BCUT2D eigenvalue weighted by Crippen LogP contribution is -2.27. The molecule has 0 unspecified atom stereocenters. The molecule has 0 aliphatic rings. The molecule has 0 saturated carbocycles. The summed E-state index contributed by atoms with van der Waals surface area (Å²) in [6, 6.07) is 3.35. The number of guanidine groups is 1. The molecule has 0 fully saturated rings. The van der Waals surface area contributed by atoms with Crippen LogP contribution in [0.25, 0.3) is 0 Å². The first-order valence-corrected chi connectivity index (χ1v) is 5.58. The third-order valence-corrected chi connectivity index (χ3v) is 2.60. The van der Waals surface area contributed by atoms with Crippen LogP contribution in [0.15, 0.2) is 31.3 Å². The molecular formula is C8H8Br2N4O2. The lowest BCUT2D eigenvalue weighted by Gasteiger charge is -2.01. The summed E-state index contributed by atoms with van der Waals surface area (Å²) < 4.78 is 1.30. The summed E-state index contributed by atoms with van der Waals surface area (Å²) in [4.78, 5) is 0. The number of rotatable bonds is 2. The van der Waals surface area contributed by atoms with Gasteiger partial charge in [-0.1, -0.05) is 15.9 Å². The largest absolute Gasteiger partial charge is 0.506 e. The van der Waals surface area contributed by atoms with E-state index in [1.165, 1.54) is 6.21 Å². The minimum absolute atomic E-state index is 0.0395. The van der Waals surface area contributed by atoms with Crippen LogP contribution in [0.1, 0.15) is 5.56 Å². The van der Waals surface area contributed by atoms with Crippen LogP contribution in [0, 0.1) is 0 Å². The lowest BCUT2D eigenvalue weighted by molar-refractivity contribution is 0.232. The molecule has 0 heterocycles. The number of phenols is 1. The van der Waals surface area contributed by atoms with E-state index in [4.69, 9.17) is 10.9 Å². The molecule has 0 aliphatic carbocycles. The molecule has 0 spiro atoms. The second-order valence-corrected chi connectivity index (χ2v) is 4.44. The predicted octanol–water partition coefficient (Wildman–Crippen LogP) is 1.54. The number of hydroxylamine groups is 1. The summed E-state index contributed by atoms with van der Waals surface area (Å²) in [7, 11) is 0. The second kappa shape index (κ2) is 5.83. The van der Waals surface area contributed by atoms with E-state index >= 15 is 0 Å². The minimum atomic E-state index is -0.246. The summed E-state index contributed by atoms with van der Waals surface area (Å²) in [5.41, 5.74) is 7.21. The van der Waals surface area contributed by atoms with E-state index in [0.29, 0.717) is 10.0 Å². The highest BCUT2D eigenvalue weighted by Gasteiger charge is 2.04. The Morgan fingerprint density at radius 2 is 2.12 bits per heavy atom. The Balaban J connectivity index is 2.97. The van der Waals surface area contributed by atoms with Gasteiger partial charge >= 0.3 is 0 Å². The Kier molecular flexibility index (Phi) is 4.71. The zero-order valence-electron chi connectivity index (χ0n) is 7.85. The zero-order valence-corrected chi connectivity index (χ0v) is 11.0. The third-order valence-electron chi connectivity index (χ3n) is 1.53. The van der Waals surface area contributed by atoms with Crippen LogP contribution in [0.3, 0.4) is 0 Å². The van der Waals surface area contributed by atoms with Gasteiger partial charge in [0.05, 0.1) is 10.7 Å². The van der Waals surface area contributed by atoms with Gasteiger partial charge in [0.15, 0.2) is 0 Å². The topological polar surface area (TPSA) is 103 Å². The highest BCUT2D eigenvalue weighted by molar-refractivity contribution is 9.11. The number of nitrogens with zero attached hydrogens (tertiary/aromatic N) is 2. The van der Waals surface area contributed by atoms with Crippen molar-refractivity contribution in [2.45, 2.75) is 0 Å². The van der Waals surface area contributed by atoms with Gasteiger partial charge in [0.2, 0.25) is 5.96 Å². The molecule has 6 nitrogen and oxygen atoms in total. The van der Waals surface area contributed by atoms with Crippen molar-refractivity contribution < 1.29 is 10.3 Å². The molecule has 1 aromatic carbocycles. The molecule has 1 aromatic rings. The van der Waals surface area contributed by atoms with Crippen molar-refractivity contribution in [3.63, 3.8) is 0 Å². The fraction of sp³-hybridized carbons (Fsp3) is 0. The lowest BCUT2D eigenvalue weighted by atomic mass is 10.2. The van der Waals surface area contributed by atoms with Crippen molar-refractivity contribution in [1.29, 1.82) is 0 Å². The zero-order chi connectivity index (χ0) is 12.1. The first-order valence-electron chi connectivity index (χ1n) is 3.99. The van der Waals surface area contributed by atoms with Crippen molar-refractivity contribution in [2.24, 2.45) is 15.9 Å². The smallest absolute Gasteiger partial charge is 0.237 e. The van der Waals surface area contributed by atoms with E-state index in [9.17, 15) is 5.11 Å². The SMILES string of the molecule is N/C(=N\N=Cc1cc(Br)cc(Br)c1O)NO. The maximum Gasteiger partial charge on any atom is 0.237 e. The molecule has 0 aromatic heterocycles. The Morgan fingerprint density at radius 3 is 2.75 bits per heavy atom. The summed E-state index contributed by atoms with van der Waals surface area (Å²) in [5, 5.41) is 24.9. The summed E-state index contributed by atoms with van der Waals surface area (Å²) in [5.74, 6) is -0.206. The number of nitrogens with one attached hydrogen (secondary N) is 1. The fourth-order valence-electron chi connectivity index (χ4n) is 0.860. The molecule has 1 rings (SSSR count). The quantitative estimate of drug-likeness (QED) is 0.368. The number of phenolic OH excluding ortho intramolecular Hbond substituents is 1. The number of hydrogen-bond acceptors (Lipinski definition) is 4. The number of benzene rings is 1. The molecule has 86 valence electrons. The first kappa shape index (κ1) is 12.9. The Morgan fingerprint density at radius 1 is 1.44 bits per heavy atom. The van der Waals surface area contributed by atoms with Crippen LogP contribution in [-0.2, 0) is 0 Å². The van der Waals surface area contributed by atoms with Gasteiger partial charge in [0.25, 0.3) is 0 Å². The number of hydrogen-bond donors (Lipinski definition) is 4. The molecule has 8 heteroatoms. The van der Waals surface area contributed by atoms with Gasteiger partial charge in [0, 0.05) is 10.0 Å². The Bertz CT molecular complexity index is 448. The maximum atomic E-state index is 9.64. The van der Waals surface area contributed by atoms with Crippen molar-refractivity contribution in [1.82, 2.24) is 5.48 Å². The predicted molar refractivity (Wildman–Crippen MR) is 67.6 cm³/mol. The highest BCUT2D eigenvalue weighted by Crippen LogP contribution is 2.30. The first-order chi connectivity index (χ1) is 7.54. The van der Waals surface area contributed by atoms with E-state index in [1.54, 1.807) is 17.6 Å². The molecule has 5 N–H and O–H groups in total. The van der Waals surface area contributed by atoms with Crippen LogP contribution in [0.4, 0.5) is 0 Å². The van der Waals surface area contributed by atoms with E-state index in [-0.39, 0.29) is 11.7 Å². The van der Waals surface area contributed by atoms with Crippen molar-refractivity contribution in [2.75, 3.05) is 0 Å². The molecule has 0 aliphatic heterocycles. The molecular weight excluding hydrogens is 344 g/mol. The van der Waals surface area contributed by atoms with Gasteiger partial charge in [0.1, 0.15) is 5.75 Å². The molecule has 16 heavy (non-hydrogen) atoms. The summed E-state index contributed by atoms with van der Waals surface area (Å²) in [6.45, 7) is 0. The van der Waals surface area contributed by atoms with Crippen LogP contribution < -0.4 is 11.2 Å². The van der Waals surface area contributed by atoms with Crippen LogP contribution in [0.5, 0.6) is 5.75 Å². The molecule has 0 bridgehead atoms. The normalized spacial score (nSPS) is 12.1. The summed E-state index contributed by atoms with van der Waals surface area (Å²) in [6.07, 6.45) is 1.30. The van der Waals surface area contributed by atoms with Crippen molar-refractivity contribution in [3.8, 4) is 5.75 Å². The number of nitrogens with two attached hydrogens (primary N) is 1. The molecule has 0 saturated heterocycles. The van der Waals surface area contributed by atoms with Gasteiger partial charge in [-0.05, 0) is 28.1 Å². The van der Waals surface area contributed by atoms with Crippen molar-refractivity contribution >= 4 is 44.0 Å². The van der Waals surface area contributed by atoms with Gasteiger partial charge < -0.3 is 10.8 Å². The van der Waals surface area contributed by atoms with E-state index in [2.05, 4.69) is 42.1 Å². The van der Waals surface area contributed by atoms with Gasteiger partial charge in [-0.3, -0.25) is 5.21 Å². The average molecular weight is 352 g/mol. The van der Waals surface area contributed by atoms with E-state index < -0.39 is 0 Å². The minimum Gasteiger partial charge on any atom is -0.506 e. The van der Waals surface area contributed by atoms with Gasteiger partial charge in [-0.15, -0.1) is 5.10 Å². The van der Waals surface area contributed by atoms with Crippen LogP contribution >= 0.6 is 31.9 Å². The third kappa shape index (κ3) is 3.47. The van der Waals surface area contributed by atoms with Gasteiger partial charge in [-0.25, -0.2) is 5.48 Å². The summed E-state index contributed by atoms with van der Waals surface area (Å²) >= 11 is 6.44. The molecule has 0 atom stereocenters. The Hall–Kier alpha value is -1.12. The van der Waals surface area contributed by atoms with Gasteiger partial charge in [-0.2, -0.15) is 5.10 Å². The Labute approximate surface area is 108 Å². The van der Waals surface area contributed by atoms with Crippen molar-refractivity contribution in [3.05, 3.63) is 26.6 Å². The molecule has 0 radical (unpaired) electrons. The van der Waals surface area contributed by atoms with Crippen LogP contribution in [-0.4, -0.2) is 22.5 Å². The maximum absolute atomic E-state index is 9.64. The highest BCUT2D eigenvalue weighted by atomic mass is 79.9. The van der Waals surface area contributed by atoms with E-state index in [0.717, 1.165) is 4.47 Å². The average Bonchev–Trinajstić information content (AvgIpc) is 2.24. The fourth-order valence-corrected chi connectivity index (χ4v) is 2.12.